The van der Waals surface area contributed by atoms with Crippen molar-refractivity contribution in [3.8, 4) is 0 Å². The first kappa shape index (κ1) is 32.6. The third-order valence-corrected chi connectivity index (χ3v) is 10.1. The molecule has 13 heteroatoms. The van der Waals surface area contributed by atoms with Crippen molar-refractivity contribution in [2.75, 3.05) is 18.5 Å². The van der Waals surface area contributed by atoms with Crippen molar-refractivity contribution in [1.29, 1.82) is 0 Å². The molecule has 2 aromatic carbocycles. The lowest BCUT2D eigenvalue weighted by molar-refractivity contribution is -0.401. The van der Waals surface area contributed by atoms with E-state index in [0.717, 1.165) is 46.8 Å². The molecule has 43 heavy (non-hydrogen) atoms. The number of nitrogens with one attached hydrogen (secondary N) is 1. The summed E-state index contributed by atoms with van der Waals surface area (Å²) in [6, 6.07) is 9.18. The van der Waals surface area contributed by atoms with E-state index in [9.17, 15) is 30.7 Å². The molecule has 2 aliphatic heterocycles. The quantitative estimate of drug-likeness (QED) is 0.0757. The number of rotatable bonds is 10. The molecule has 2 heterocycles. The van der Waals surface area contributed by atoms with Crippen molar-refractivity contribution in [3.05, 3.63) is 71.5 Å². The van der Waals surface area contributed by atoms with Gasteiger partial charge in [-0.25, -0.2) is 5.84 Å². The average Bonchev–Trinajstić information content (AvgIpc) is 3.25. The van der Waals surface area contributed by atoms with Crippen LogP contribution in [-0.4, -0.2) is 55.7 Å². The molecule has 0 saturated heterocycles. The third-order valence-electron chi connectivity index (χ3n) is 8.42. The van der Waals surface area contributed by atoms with Gasteiger partial charge in [-0.3, -0.25) is 19.3 Å². The fraction of sp³-hybridized carbons (Fsp3) is 0.400. The van der Waals surface area contributed by atoms with Crippen molar-refractivity contribution in [3.63, 3.8) is 0 Å². The van der Waals surface area contributed by atoms with E-state index in [1.165, 1.54) is 24.3 Å². The molecule has 0 aliphatic carbocycles. The van der Waals surface area contributed by atoms with Gasteiger partial charge in [0.15, 0.2) is 5.71 Å². The number of hydrazine groups is 1. The number of carbonyl (C=O) groups excluding carboxylic acids is 1. The van der Waals surface area contributed by atoms with E-state index in [-0.39, 0.29) is 15.7 Å². The molecule has 0 bridgehead atoms. The van der Waals surface area contributed by atoms with Crippen LogP contribution in [0.15, 0.2) is 70.1 Å². The fourth-order valence-electron chi connectivity index (χ4n) is 6.07. The van der Waals surface area contributed by atoms with Crippen molar-refractivity contribution in [2.45, 2.75) is 74.0 Å². The average molecular weight is 632 g/mol. The highest BCUT2D eigenvalue weighted by Gasteiger charge is 2.44. The minimum absolute atomic E-state index is 0.158. The number of allylic oxidation sites excluding steroid dienone is 4. The topological polar surface area (TPSA) is 170 Å². The summed E-state index contributed by atoms with van der Waals surface area (Å²) in [6.45, 7) is 8.59. The Morgan fingerprint density at radius 3 is 2.14 bits per heavy atom. The van der Waals surface area contributed by atoms with Crippen LogP contribution in [0.25, 0.3) is 0 Å². The molecule has 0 unspecified atom stereocenters. The van der Waals surface area contributed by atoms with Gasteiger partial charge < -0.3 is 4.90 Å². The lowest BCUT2D eigenvalue weighted by Crippen LogP contribution is -2.29. The van der Waals surface area contributed by atoms with Gasteiger partial charge in [-0.05, 0) is 68.7 Å². The zero-order valence-corrected chi connectivity index (χ0v) is 26.6. The van der Waals surface area contributed by atoms with Crippen LogP contribution < -0.4 is 16.2 Å². The minimum Gasteiger partial charge on any atom is -0.344 e. The van der Waals surface area contributed by atoms with E-state index in [1.807, 2.05) is 57.5 Å². The lowest BCUT2D eigenvalue weighted by Gasteiger charge is -2.27. The van der Waals surface area contributed by atoms with E-state index < -0.39 is 31.1 Å². The number of nitrogens with zero attached hydrogens (tertiary/aromatic N) is 2. The van der Waals surface area contributed by atoms with Gasteiger partial charge >= 0.3 is 0 Å². The van der Waals surface area contributed by atoms with E-state index in [0.29, 0.717) is 19.4 Å². The number of nitrogens with two attached hydrogens (primary N) is 1. The van der Waals surface area contributed by atoms with Gasteiger partial charge in [0, 0.05) is 47.5 Å². The van der Waals surface area contributed by atoms with Crippen LogP contribution in [0.4, 0.5) is 11.4 Å². The van der Waals surface area contributed by atoms with Gasteiger partial charge in [0.05, 0.1) is 15.2 Å². The Morgan fingerprint density at radius 2 is 1.53 bits per heavy atom. The first-order valence-corrected chi connectivity index (χ1v) is 16.8. The van der Waals surface area contributed by atoms with Crippen LogP contribution in [0, 0.1) is 0 Å². The molecule has 2 aliphatic rings. The standard InChI is InChI=1S/C30H38N4O7S2/c1-29(2)22-18-20(42(36,37)38)13-15-24(22)33(5)26(29)10-9-11-27-30(3,4)23-19-21(43(39,40)41)14-16-25(23)34(27)17-8-6-7-12-28(35)32-31/h9-11,13-16,18-19H,6-8,12,17,31H2,1-5H3,(H2-,32,35,36,37,38,39,40,41)/p+1. The largest absolute Gasteiger partial charge is 0.344 e. The van der Waals surface area contributed by atoms with Gasteiger partial charge in [-0.1, -0.05) is 26.3 Å². The molecule has 5 N–H and O–H groups in total. The second-order valence-corrected chi connectivity index (χ2v) is 14.8. The number of unbranched alkanes of at least 4 members (excludes halogenated alkanes) is 2. The highest BCUT2D eigenvalue weighted by molar-refractivity contribution is 7.86. The van der Waals surface area contributed by atoms with E-state index >= 15 is 0 Å². The van der Waals surface area contributed by atoms with Crippen molar-refractivity contribution in [1.82, 2.24) is 5.43 Å². The maximum absolute atomic E-state index is 11.9. The van der Waals surface area contributed by atoms with Crippen LogP contribution in [0.5, 0.6) is 0 Å². The lowest BCUT2D eigenvalue weighted by atomic mass is 9.81. The molecular weight excluding hydrogens is 592 g/mol. The predicted molar refractivity (Wildman–Crippen MR) is 165 cm³/mol. The summed E-state index contributed by atoms with van der Waals surface area (Å²) in [6.07, 6.45) is 8.43. The Hall–Kier alpha value is -3.36. The number of carbonyl (C=O) groups is 1. The Kier molecular flexibility index (Phi) is 8.80. The number of anilines is 1. The zero-order chi connectivity index (χ0) is 32.0. The van der Waals surface area contributed by atoms with Crippen molar-refractivity contribution < 1.29 is 35.3 Å². The summed E-state index contributed by atoms with van der Waals surface area (Å²) >= 11 is 0. The summed E-state index contributed by atoms with van der Waals surface area (Å²) in [5, 5.41) is 0. The van der Waals surface area contributed by atoms with Gasteiger partial charge in [-0.15, -0.1) is 0 Å². The highest BCUT2D eigenvalue weighted by atomic mass is 32.2. The summed E-state index contributed by atoms with van der Waals surface area (Å²) in [4.78, 5) is 13.3. The summed E-state index contributed by atoms with van der Waals surface area (Å²) in [5.41, 5.74) is 6.03. The number of amides is 1. The molecule has 0 radical (unpaired) electrons. The number of fused-ring (bicyclic) bond motifs is 2. The Bertz CT molecular complexity index is 1770. The number of hydrogen-bond acceptors (Lipinski definition) is 7. The fourth-order valence-corrected chi connectivity index (χ4v) is 7.08. The zero-order valence-electron chi connectivity index (χ0n) is 25.0. The normalized spacial score (nSPS) is 18.4. The number of hydrogen-bond donors (Lipinski definition) is 4. The molecule has 4 rings (SSSR count). The third kappa shape index (κ3) is 6.31. The molecule has 1 amide bonds. The van der Waals surface area contributed by atoms with Gasteiger partial charge in [0.25, 0.3) is 20.2 Å². The van der Waals surface area contributed by atoms with Gasteiger partial charge in [-0.2, -0.15) is 21.4 Å². The smallest absolute Gasteiger partial charge is 0.294 e. The van der Waals surface area contributed by atoms with Crippen LogP contribution in [0.1, 0.15) is 64.5 Å². The first-order chi connectivity index (χ1) is 19.9. The predicted octanol–water partition coefficient (Wildman–Crippen LogP) is 3.97. The molecule has 0 atom stereocenters. The molecule has 0 fully saturated rings. The molecular formula is C30H39N4O7S2+. The van der Waals surface area contributed by atoms with Crippen LogP contribution >= 0.6 is 0 Å². The van der Waals surface area contributed by atoms with Gasteiger partial charge in [0.2, 0.25) is 11.6 Å². The van der Waals surface area contributed by atoms with Crippen molar-refractivity contribution >= 4 is 43.2 Å². The van der Waals surface area contributed by atoms with Crippen LogP contribution in [0.3, 0.4) is 0 Å². The van der Waals surface area contributed by atoms with Crippen molar-refractivity contribution in [2.24, 2.45) is 5.84 Å². The maximum Gasteiger partial charge on any atom is 0.294 e. The van der Waals surface area contributed by atoms with E-state index in [2.05, 4.69) is 10.3 Å². The maximum atomic E-state index is 11.9. The minimum atomic E-state index is -4.39. The Morgan fingerprint density at radius 1 is 0.930 bits per heavy atom. The molecule has 0 saturated carbocycles. The Labute approximate surface area is 253 Å². The SMILES string of the molecule is C[N+]1=C(/C=C/C=C2\N(CCCCCC(=O)NN)c3ccc(S(=O)(=O)O)cc3C2(C)C)C(C)(C)c2cc(S(=O)(=O)O)ccc21. The second-order valence-electron chi connectivity index (χ2n) is 11.9. The monoisotopic (exact) mass is 631 g/mol. The van der Waals surface area contributed by atoms with E-state index in [1.54, 1.807) is 12.1 Å². The van der Waals surface area contributed by atoms with E-state index in [4.69, 9.17) is 5.84 Å². The van der Waals surface area contributed by atoms with Crippen LogP contribution in [0.2, 0.25) is 0 Å². The second kappa shape index (κ2) is 11.6. The molecule has 232 valence electrons. The highest BCUT2D eigenvalue weighted by Crippen LogP contribution is 2.48. The first-order valence-electron chi connectivity index (χ1n) is 13.9. The molecule has 0 aromatic heterocycles. The number of benzene rings is 2. The molecule has 2 aromatic rings. The van der Waals surface area contributed by atoms with Gasteiger partial charge in [0.1, 0.15) is 7.05 Å². The molecule has 0 spiro atoms. The summed E-state index contributed by atoms with van der Waals surface area (Å²) < 4.78 is 68.7. The summed E-state index contributed by atoms with van der Waals surface area (Å²) in [7, 11) is -6.84. The molecule has 11 nitrogen and oxygen atoms in total. The van der Waals surface area contributed by atoms with Crippen LogP contribution in [-0.2, 0) is 35.9 Å². The Balaban J connectivity index is 1.69. The summed E-state index contributed by atoms with van der Waals surface area (Å²) in [5.74, 6) is 4.96.